The van der Waals surface area contributed by atoms with Crippen LogP contribution in [-0.4, -0.2) is 27.2 Å². The van der Waals surface area contributed by atoms with Crippen molar-refractivity contribution in [3.63, 3.8) is 0 Å². The largest absolute Gasteiger partial charge is 0.497 e. The molecule has 0 aliphatic heterocycles. The Morgan fingerprint density at radius 3 is 2.42 bits per heavy atom. The summed E-state index contributed by atoms with van der Waals surface area (Å²) in [5.74, 6) is 0.240. The lowest BCUT2D eigenvalue weighted by Gasteiger charge is -2.09. The van der Waals surface area contributed by atoms with Gasteiger partial charge in [-0.3, -0.25) is 0 Å². The van der Waals surface area contributed by atoms with Crippen molar-refractivity contribution >= 4 is 9.84 Å². The standard InChI is InChI=1S/C14H18O4S/c1-11-4-6-14(7-5-11)19(16,17)10-13(8-9-15)12(2)18-3/h4-7,10,15H,2,8-9H2,1,3H3/b13-10+. The second-order valence-electron chi connectivity index (χ2n) is 4.10. The molecule has 1 rings (SSSR count). The lowest BCUT2D eigenvalue weighted by Crippen LogP contribution is -2.02. The molecular formula is C14H18O4S. The molecule has 0 aromatic heterocycles. The molecule has 4 nitrogen and oxygen atoms in total. The fourth-order valence-corrected chi connectivity index (χ4v) is 2.77. The van der Waals surface area contributed by atoms with E-state index >= 15 is 0 Å². The number of hydrogen-bond acceptors (Lipinski definition) is 4. The summed E-state index contributed by atoms with van der Waals surface area (Å²) in [7, 11) is -2.16. The summed E-state index contributed by atoms with van der Waals surface area (Å²) in [6.07, 6.45) is 0.178. The fraction of sp³-hybridized carbons (Fsp3) is 0.286. The van der Waals surface area contributed by atoms with Gasteiger partial charge in [-0.1, -0.05) is 24.3 Å². The number of aliphatic hydroxyl groups excluding tert-OH is 1. The van der Waals surface area contributed by atoms with E-state index in [-0.39, 0.29) is 23.7 Å². The molecule has 0 atom stereocenters. The molecule has 0 radical (unpaired) electrons. The number of aliphatic hydroxyl groups is 1. The average molecular weight is 282 g/mol. The van der Waals surface area contributed by atoms with Crippen LogP contribution in [-0.2, 0) is 14.6 Å². The molecule has 1 N–H and O–H groups in total. The quantitative estimate of drug-likeness (QED) is 0.641. The van der Waals surface area contributed by atoms with Crippen molar-refractivity contribution in [2.45, 2.75) is 18.2 Å². The Morgan fingerprint density at radius 2 is 1.95 bits per heavy atom. The van der Waals surface area contributed by atoms with Gasteiger partial charge in [0.2, 0.25) is 0 Å². The summed E-state index contributed by atoms with van der Waals surface area (Å²) < 4.78 is 29.3. The number of ether oxygens (including phenoxy) is 1. The van der Waals surface area contributed by atoms with Crippen LogP contribution in [0.5, 0.6) is 0 Å². The molecular weight excluding hydrogens is 264 g/mol. The second-order valence-corrected chi connectivity index (χ2v) is 5.90. The van der Waals surface area contributed by atoms with Gasteiger partial charge in [-0.25, -0.2) is 8.42 Å². The van der Waals surface area contributed by atoms with Crippen LogP contribution in [0.2, 0.25) is 0 Å². The topological polar surface area (TPSA) is 63.6 Å². The summed E-state index contributed by atoms with van der Waals surface area (Å²) in [6, 6.07) is 6.57. The van der Waals surface area contributed by atoms with Gasteiger partial charge < -0.3 is 9.84 Å². The highest BCUT2D eigenvalue weighted by atomic mass is 32.2. The number of rotatable bonds is 6. The molecule has 0 amide bonds. The first kappa shape index (κ1) is 15.5. The summed E-state index contributed by atoms with van der Waals surface area (Å²) in [5.41, 5.74) is 1.35. The first-order chi connectivity index (χ1) is 8.90. The minimum atomic E-state index is -3.57. The Kier molecular flexibility index (Phi) is 5.32. The number of methoxy groups -OCH3 is 1. The number of aryl methyl sites for hydroxylation is 1. The Morgan fingerprint density at radius 1 is 1.37 bits per heavy atom. The Labute approximate surface area is 114 Å². The highest BCUT2D eigenvalue weighted by Gasteiger charge is 2.14. The van der Waals surface area contributed by atoms with Gasteiger partial charge in [0.25, 0.3) is 0 Å². The van der Waals surface area contributed by atoms with Crippen molar-refractivity contribution < 1.29 is 18.3 Å². The molecule has 19 heavy (non-hydrogen) atoms. The van der Waals surface area contributed by atoms with Crippen LogP contribution in [0.1, 0.15) is 12.0 Å². The number of allylic oxidation sites excluding steroid dienone is 1. The van der Waals surface area contributed by atoms with Gasteiger partial charge in [0.1, 0.15) is 5.76 Å². The van der Waals surface area contributed by atoms with E-state index in [1.807, 2.05) is 6.92 Å². The SMILES string of the molecule is C=C(OC)/C(=C/S(=O)(=O)c1ccc(C)cc1)CCO. The van der Waals surface area contributed by atoms with Gasteiger partial charge in [0, 0.05) is 17.6 Å². The summed E-state index contributed by atoms with van der Waals surface area (Å²) >= 11 is 0. The van der Waals surface area contributed by atoms with Crippen LogP contribution in [0.15, 0.2) is 52.5 Å². The normalized spacial score (nSPS) is 12.3. The minimum Gasteiger partial charge on any atom is -0.497 e. The van der Waals surface area contributed by atoms with Gasteiger partial charge in [0.05, 0.1) is 12.0 Å². The van der Waals surface area contributed by atoms with E-state index in [2.05, 4.69) is 6.58 Å². The van der Waals surface area contributed by atoms with Gasteiger partial charge in [0.15, 0.2) is 9.84 Å². The monoisotopic (exact) mass is 282 g/mol. The first-order valence-electron chi connectivity index (χ1n) is 5.77. The van der Waals surface area contributed by atoms with E-state index in [0.717, 1.165) is 11.0 Å². The van der Waals surface area contributed by atoms with Crippen LogP contribution < -0.4 is 0 Å². The van der Waals surface area contributed by atoms with Crippen molar-refractivity contribution in [2.24, 2.45) is 0 Å². The maximum absolute atomic E-state index is 12.2. The molecule has 0 heterocycles. The molecule has 0 saturated carbocycles. The summed E-state index contributed by atoms with van der Waals surface area (Å²) in [5, 5.41) is 10.0. The number of benzene rings is 1. The zero-order valence-electron chi connectivity index (χ0n) is 11.1. The van der Waals surface area contributed by atoms with Crippen molar-refractivity contribution in [3.8, 4) is 0 Å². The van der Waals surface area contributed by atoms with Crippen molar-refractivity contribution in [3.05, 3.63) is 53.1 Å². The molecule has 0 aliphatic carbocycles. The lowest BCUT2D eigenvalue weighted by molar-refractivity contribution is 0.276. The Bertz CT molecular complexity index is 568. The number of sulfone groups is 1. The van der Waals surface area contributed by atoms with Crippen LogP contribution >= 0.6 is 0 Å². The fourth-order valence-electron chi connectivity index (χ4n) is 1.50. The van der Waals surface area contributed by atoms with E-state index in [0.29, 0.717) is 5.57 Å². The number of hydrogen-bond donors (Lipinski definition) is 1. The van der Waals surface area contributed by atoms with Crippen LogP contribution in [0.3, 0.4) is 0 Å². The van der Waals surface area contributed by atoms with Gasteiger partial charge in [-0.2, -0.15) is 0 Å². The Hall–Kier alpha value is -1.59. The molecule has 5 heteroatoms. The third kappa shape index (κ3) is 4.22. The molecule has 1 aromatic rings. The van der Waals surface area contributed by atoms with Crippen LogP contribution in [0.25, 0.3) is 0 Å². The van der Waals surface area contributed by atoms with Crippen LogP contribution in [0, 0.1) is 6.92 Å². The van der Waals surface area contributed by atoms with Crippen molar-refractivity contribution in [1.82, 2.24) is 0 Å². The minimum absolute atomic E-state index is 0.169. The van der Waals surface area contributed by atoms with Gasteiger partial charge in [-0.15, -0.1) is 0 Å². The molecule has 104 valence electrons. The lowest BCUT2D eigenvalue weighted by atomic mass is 10.2. The zero-order valence-corrected chi connectivity index (χ0v) is 11.9. The average Bonchev–Trinajstić information content (AvgIpc) is 2.37. The second kappa shape index (κ2) is 6.54. The highest BCUT2D eigenvalue weighted by molar-refractivity contribution is 7.94. The maximum Gasteiger partial charge on any atom is 0.200 e. The van der Waals surface area contributed by atoms with E-state index in [9.17, 15) is 8.42 Å². The van der Waals surface area contributed by atoms with Crippen LogP contribution in [0.4, 0.5) is 0 Å². The smallest absolute Gasteiger partial charge is 0.200 e. The summed E-state index contributed by atoms with van der Waals surface area (Å²) in [4.78, 5) is 0.206. The predicted octanol–water partition coefficient (Wildman–Crippen LogP) is 2.20. The third-order valence-corrected chi connectivity index (χ3v) is 4.16. The molecule has 0 bridgehead atoms. The maximum atomic E-state index is 12.2. The molecule has 0 aliphatic rings. The summed E-state index contributed by atoms with van der Waals surface area (Å²) in [6.45, 7) is 5.33. The van der Waals surface area contributed by atoms with Crippen molar-refractivity contribution in [1.29, 1.82) is 0 Å². The van der Waals surface area contributed by atoms with Gasteiger partial charge in [-0.05, 0) is 25.5 Å². The molecule has 1 aromatic carbocycles. The van der Waals surface area contributed by atoms with Gasteiger partial charge >= 0.3 is 0 Å². The Balaban J connectivity index is 3.17. The van der Waals surface area contributed by atoms with E-state index in [1.165, 1.54) is 7.11 Å². The third-order valence-electron chi connectivity index (χ3n) is 2.63. The van der Waals surface area contributed by atoms with E-state index < -0.39 is 9.84 Å². The molecule has 0 saturated heterocycles. The van der Waals surface area contributed by atoms with Crippen molar-refractivity contribution in [2.75, 3.05) is 13.7 Å². The first-order valence-corrected chi connectivity index (χ1v) is 7.32. The molecule has 0 unspecified atom stereocenters. The predicted molar refractivity (Wildman–Crippen MR) is 74.3 cm³/mol. The molecule has 0 fully saturated rings. The van der Waals surface area contributed by atoms with E-state index in [1.54, 1.807) is 24.3 Å². The highest BCUT2D eigenvalue weighted by Crippen LogP contribution is 2.20. The zero-order chi connectivity index (χ0) is 14.5. The van der Waals surface area contributed by atoms with E-state index in [4.69, 9.17) is 9.84 Å². The molecule has 0 spiro atoms.